The van der Waals surface area contributed by atoms with Gasteiger partial charge in [-0.25, -0.2) is 9.97 Å². The van der Waals surface area contributed by atoms with Gasteiger partial charge in [0.05, 0.1) is 28.5 Å². The van der Waals surface area contributed by atoms with E-state index in [1.54, 1.807) is 6.20 Å². The molecule has 3 aromatic heterocycles. The normalized spacial score (nSPS) is 13.4. The van der Waals surface area contributed by atoms with E-state index in [1.807, 2.05) is 34.9 Å². The lowest BCUT2D eigenvalue weighted by molar-refractivity contribution is -0.120. The quantitative estimate of drug-likeness (QED) is 0.707. The molecule has 1 aliphatic carbocycles. The van der Waals surface area contributed by atoms with Gasteiger partial charge in [-0.1, -0.05) is 6.07 Å². The zero-order chi connectivity index (χ0) is 17.8. The highest BCUT2D eigenvalue weighted by Gasteiger charge is 2.15. The van der Waals surface area contributed by atoms with Crippen molar-refractivity contribution in [3.8, 4) is 10.7 Å². The van der Waals surface area contributed by atoms with Crippen LogP contribution in [-0.4, -0.2) is 27.4 Å². The van der Waals surface area contributed by atoms with Crippen LogP contribution in [-0.2, 0) is 30.5 Å². The Kier molecular flexibility index (Phi) is 5.36. The second-order valence-electron chi connectivity index (χ2n) is 6.32. The minimum atomic E-state index is 0.00388. The number of aryl methyl sites for hydroxylation is 2. The summed E-state index contributed by atoms with van der Waals surface area (Å²) in [6.45, 7) is 0.627. The molecule has 0 saturated carbocycles. The molecule has 3 heterocycles. The van der Waals surface area contributed by atoms with Gasteiger partial charge in [0, 0.05) is 29.4 Å². The van der Waals surface area contributed by atoms with E-state index in [0.717, 1.165) is 34.2 Å². The van der Waals surface area contributed by atoms with Crippen LogP contribution >= 0.6 is 22.7 Å². The van der Waals surface area contributed by atoms with Gasteiger partial charge in [0.25, 0.3) is 0 Å². The van der Waals surface area contributed by atoms with Crippen molar-refractivity contribution in [2.45, 2.75) is 38.5 Å². The Labute approximate surface area is 160 Å². The standard InChI is InChI=1S/C19H20N4OS2/c24-17(11-13-12-25-19(22-13)15-6-3-4-9-20-15)21-10-8-18-23-14-5-1-2-7-16(14)26-18/h3-4,6,9,12H,1-2,5,7-8,10-11H2,(H,21,24). The average molecular weight is 385 g/mol. The molecule has 0 aliphatic heterocycles. The van der Waals surface area contributed by atoms with Crippen LogP contribution in [0.2, 0.25) is 0 Å². The van der Waals surface area contributed by atoms with E-state index in [2.05, 4.69) is 15.3 Å². The van der Waals surface area contributed by atoms with Gasteiger partial charge in [-0.2, -0.15) is 0 Å². The number of pyridine rings is 1. The number of fused-ring (bicyclic) bond motifs is 1. The van der Waals surface area contributed by atoms with Crippen LogP contribution in [0.25, 0.3) is 10.7 Å². The summed E-state index contributed by atoms with van der Waals surface area (Å²) < 4.78 is 0. The van der Waals surface area contributed by atoms with Crippen molar-refractivity contribution >= 4 is 28.6 Å². The molecular formula is C19H20N4OS2. The summed E-state index contributed by atoms with van der Waals surface area (Å²) in [6, 6.07) is 5.74. The van der Waals surface area contributed by atoms with Gasteiger partial charge in [0.15, 0.2) is 0 Å². The number of carbonyl (C=O) groups excluding carboxylic acids is 1. The minimum absolute atomic E-state index is 0.00388. The molecule has 0 bridgehead atoms. The minimum Gasteiger partial charge on any atom is -0.355 e. The highest BCUT2D eigenvalue weighted by molar-refractivity contribution is 7.13. The fourth-order valence-corrected chi connectivity index (χ4v) is 4.99. The van der Waals surface area contributed by atoms with E-state index in [1.165, 1.54) is 41.2 Å². The number of hydrogen-bond acceptors (Lipinski definition) is 6. The molecule has 1 N–H and O–H groups in total. The lowest BCUT2D eigenvalue weighted by Crippen LogP contribution is -2.27. The molecule has 134 valence electrons. The highest BCUT2D eigenvalue weighted by Crippen LogP contribution is 2.26. The van der Waals surface area contributed by atoms with Gasteiger partial charge >= 0.3 is 0 Å². The van der Waals surface area contributed by atoms with E-state index in [9.17, 15) is 4.79 Å². The number of carbonyl (C=O) groups is 1. The number of nitrogens with zero attached hydrogens (tertiary/aromatic N) is 3. The van der Waals surface area contributed by atoms with Crippen molar-refractivity contribution in [3.05, 3.63) is 51.0 Å². The van der Waals surface area contributed by atoms with E-state index >= 15 is 0 Å². The molecule has 1 amide bonds. The fourth-order valence-electron chi connectivity index (χ4n) is 3.04. The monoisotopic (exact) mass is 384 g/mol. The summed E-state index contributed by atoms with van der Waals surface area (Å²) in [4.78, 5) is 27.1. The van der Waals surface area contributed by atoms with Crippen LogP contribution in [0.15, 0.2) is 29.8 Å². The van der Waals surface area contributed by atoms with E-state index < -0.39 is 0 Å². The third-order valence-electron chi connectivity index (χ3n) is 4.33. The molecule has 3 aromatic rings. The summed E-state index contributed by atoms with van der Waals surface area (Å²) in [6.07, 6.45) is 7.67. The van der Waals surface area contributed by atoms with Gasteiger partial charge < -0.3 is 5.32 Å². The molecule has 0 aromatic carbocycles. The number of amides is 1. The molecule has 0 unspecified atom stereocenters. The van der Waals surface area contributed by atoms with Crippen molar-refractivity contribution in [1.82, 2.24) is 20.3 Å². The topological polar surface area (TPSA) is 67.8 Å². The summed E-state index contributed by atoms with van der Waals surface area (Å²) in [5.74, 6) is 0.00388. The first-order valence-corrected chi connectivity index (χ1v) is 10.6. The zero-order valence-corrected chi connectivity index (χ0v) is 16.0. The van der Waals surface area contributed by atoms with Crippen molar-refractivity contribution in [3.63, 3.8) is 0 Å². The Morgan fingerprint density at radius 1 is 1.19 bits per heavy atom. The third-order valence-corrected chi connectivity index (χ3v) is 6.46. The lowest BCUT2D eigenvalue weighted by Gasteiger charge is -2.06. The van der Waals surface area contributed by atoms with Crippen molar-refractivity contribution in [2.75, 3.05) is 6.54 Å². The van der Waals surface area contributed by atoms with Gasteiger partial charge in [-0.15, -0.1) is 22.7 Å². The Morgan fingerprint density at radius 3 is 2.96 bits per heavy atom. The highest BCUT2D eigenvalue weighted by atomic mass is 32.1. The first-order valence-electron chi connectivity index (χ1n) is 8.88. The van der Waals surface area contributed by atoms with Crippen LogP contribution in [0.3, 0.4) is 0 Å². The first-order chi connectivity index (χ1) is 12.8. The number of thiazole rings is 2. The first kappa shape index (κ1) is 17.3. The molecule has 0 saturated heterocycles. The summed E-state index contributed by atoms with van der Waals surface area (Å²) in [5.41, 5.74) is 2.92. The molecule has 0 spiro atoms. The number of nitrogens with one attached hydrogen (secondary N) is 1. The predicted molar refractivity (Wildman–Crippen MR) is 105 cm³/mol. The van der Waals surface area contributed by atoms with Crippen molar-refractivity contribution < 1.29 is 4.79 Å². The summed E-state index contributed by atoms with van der Waals surface area (Å²) in [5, 5.41) is 6.91. The van der Waals surface area contributed by atoms with Crippen LogP contribution in [0.5, 0.6) is 0 Å². The summed E-state index contributed by atoms with van der Waals surface area (Å²) in [7, 11) is 0. The molecule has 7 heteroatoms. The van der Waals surface area contributed by atoms with Crippen molar-refractivity contribution in [2.24, 2.45) is 0 Å². The fraction of sp³-hybridized carbons (Fsp3) is 0.368. The SMILES string of the molecule is O=C(Cc1csc(-c2ccccn2)n1)NCCc1nc2c(s1)CCCC2. The van der Waals surface area contributed by atoms with Crippen LogP contribution in [0.4, 0.5) is 0 Å². The molecule has 4 rings (SSSR count). The summed E-state index contributed by atoms with van der Waals surface area (Å²) >= 11 is 3.33. The Balaban J connectivity index is 1.27. The van der Waals surface area contributed by atoms with Crippen LogP contribution in [0, 0.1) is 0 Å². The molecule has 0 atom stereocenters. The number of hydrogen-bond donors (Lipinski definition) is 1. The van der Waals surface area contributed by atoms with E-state index in [0.29, 0.717) is 13.0 Å². The maximum Gasteiger partial charge on any atom is 0.226 e. The second kappa shape index (κ2) is 8.05. The van der Waals surface area contributed by atoms with Crippen LogP contribution < -0.4 is 5.32 Å². The average Bonchev–Trinajstić information content (AvgIpc) is 3.29. The zero-order valence-electron chi connectivity index (χ0n) is 14.4. The Hall–Kier alpha value is -2.12. The molecular weight excluding hydrogens is 364 g/mol. The predicted octanol–water partition coefficient (Wildman–Crippen LogP) is 3.44. The van der Waals surface area contributed by atoms with Gasteiger partial charge in [-0.3, -0.25) is 9.78 Å². The van der Waals surface area contributed by atoms with E-state index in [4.69, 9.17) is 4.98 Å². The van der Waals surface area contributed by atoms with Crippen molar-refractivity contribution in [1.29, 1.82) is 0 Å². The molecule has 5 nitrogen and oxygen atoms in total. The smallest absolute Gasteiger partial charge is 0.226 e. The second-order valence-corrected chi connectivity index (χ2v) is 8.35. The third kappa shape index (κ3) is 4.16. The molecule has 0 fully saturated rings. The number of aromatic nitrogens is 3. The van der Waals surface area contributed by atoms with E-state index in [-0.39, 0.29) is 5.91 Å². The maximum absolute atomic E-state index is 12.2. The molecule has 26 heavy (non-hydrogen) atoms. The Morgan fingerprint density at radius 2 is 2.12 bits per heavy atom. The Bertz CT molecular complexity index is 865. The van der Waals surface area contributed by atoms with Gasteiger partial charge in [-0.05, 0) is 37.8 Å². The largest absolute Gasteiger partial charge is 0.355 e. The van der Waals surface area contributed by atoms with Gasteiger partial charge in [0.1, 0.15) is 5.01 Å². The molecule has 1 aliphatic rings. The van der Waals surface area contributed by atoms with Crippen LogP contribution in [0.1, 0.15) is 34.1 Å². The lowest BCUT2D eigenvalue weighted by atomic mass is 10.0. The number of rotatable bonds is 6. The molecule has 0 radical (unpaired) electrons. The maximum atomic E-state index is 12.2. The van der Waals surface area contributed by atoms with Gasteiger partial charge in [0.2, 0.25) is 5.91 Å².